The minimum atomic E-state index is -0.673. The molecule has 0 spiro atoms. The molecule has 0 aromatic heterocycles. The third kappa shape index (κ3) is 3.82. The highest BCUT2D eigenvalue weighted by molar-refractivity contribution is 5.81. The van der Waals surface area contributed by atoms with Crippen LogP contribution in [0.4, 0.5) is 0 Å². The Kier molecular flexibility index (Phi) is 5.31. The highest BCUT2D eigenvalue weighted by Gasteiger charge is 2.35. The zero-order valence-corrected chi connectivity index (χ0v) is 11.1. The van der Waals surface area contributed by atoms with Gasteiger partial charge in [-0.3, -0.25) is 4.79 Å². The summed E-state index contributed by atoms with van der Waals surface area (Å²) in [6.07, 6.45) is -0.673. The molecule has 0 saturated heterocycles. The highest BCUT2D eigenvalue weighted by Crippen LogP contribution is 2.24. The molecule has 4 heteroatoms. The maximum absolute atomic E-state index is 11.8. The number of aliphatic hydroxyl groups excluding tert-OH is 1. The number of likely N-dealkylation sites (N-methyl/N-ethyl adjacent to an activating group) is 1. The number of aliphatic hydroxyl groups is 1. The van der Waals surface area contributed by atoms with E-state index in [1.807, 2.05) is 30.3 Å². The van der Waals surface area contributed by atoms with Crippen molar-refractivity contribution in [2.24, 2.45) is 5.41 Å². The number of rotatable bonds is 6. The van der Waals surface area contributed by atoms with E-state index in [0.717, 1.165) is 5.56 Å². The van der Waals surface area contributed by atoms with E-state index in [1.54, 1.807) is 20.9 Å². The summed E-state index contributed by atoms with van der Waals surface area (Å²) in [5.41, 5.74) is 0.384. The molecule has 0 aliphatic carbocycles. The fourth-order valence-electron chi connectivity index (χ4n) is 1.62. The van der Waals surface area contributed by atoms with Gasteiger partial charge in [-0.15, -0.1) is 0 Å². The molecule has 0 radical (unpaired) electrons. The van der Waals surface area contributed by atoms with Gasteiger partial charge in [-0.1, -0.05) is 44.2 Å². The summed E-state index contributed by atoms with van der Waals surface area (Å²) in [6.45, 7) is 3.85. The predicted octanol–water partition coefficient (Wildman–Crippen LogP) is 1.34. The number of hydrogen-bond acceptors (Lipinski definition) is 3. The lowest BCUT2D eigenvalue weighted by molar-refractivity contribution is -0.144. The van der Waals surface area contributed by atoms with Crippen LogP contribution in [0.1, 0.15) is 19.4 Å². The van der Waals surface area contributed by atoms with Crippen molar-refractivity contribution in [1.82, 2.24) is 5.32 Å². The Labute approximate surface area is 108 Å². The number of ether oxygens (including phenoxy) is 1. The van der Waals surface area contributed by atoms with Gasteiger partial charge >= 0.3 is 0 Å². The average Bonchev–Trinajstić information content (AvgIpc) is 2.39. The largest absolute Gasteiger partial charge is 0.396 e. The molecule has 0 fully saturated rings. The molecule has 0 bridgehead atoms. The Bertz CT molecular complexity index is 376. The Hall–Kier alpha value is -1.39. The molecule has 0 saturated carbocycles. The molecule has 1 aromatic rings. The van der Waals surface area contributed by atoms with Crippen LogP contribution in [0.3, 0.4) is 0 Å². The van der Waals surface area contributed by atoms with Gasteiger partial charge in [0.1, 0.15) is 6.10 Å². The minimum absolute atomic E-state index is 0.111. The summed E-state index contributed by atoms with van der Waals surface area (Å²) < 4.78 is 5.66. The number of nitrogens with one attached hydrogen (secondary N) is 1. The second-order valence-corrected chi connectivity index (χ2v) is 4.94. The lowest BCUT2D eigenvalue weighted by atomic mass is 9.87. The van der Waals surface area contributed by atoms with Crippen LogP contribution in [0.2, 0.25) is 0 Å². The molecule has 0 aliphatic heterocycles. The van der Waals surface area contributed by atoms with Crippen molar-refractivity contribution in [2.45, 2.75) is 26.6 Å². The Morgan fingerprint density at radius 1 is 1.39 bits per heavy atom. The van der Waals surface area contributed by atoms with Crippen LogP contribution in [0.25, 0.3) is 0 Å². The van der Waals surface area contributed by atoms with Crippen molar-refractivity contribution in [3.05, 3.63) is 35.9 Å². The van der Waals surface area contributed by atoms with Gasteiger partial charge in [0, 0.05) is 12.5 Å². The smallest absolute Gasteiger partial charge is 0.249 e. The van der Waals surface area contributed by atoms with Crippen molar-refractivity contribution in [2.75, 3.05) is 13.7 Å². The fourth-order valence-corrected chi connectivity index (χ4v) is 1.62. The summed E-state index contributed by atoms with van der Waals surface area (Å²) in [5, 5.41) is 11.9. The standard InChI is InChI=1S/C14H21NO3/c1-14(2,10-16)12(13(17)15-3)18-9-11-7-5-4-6-8-11/h4-8,12,16H,9-10H2,1-3H3,(H,15,17). The molecule has 1 atom stereocenters. The van der Waals surface area contributed by atoms with Crippen LogP contribution in [0.5, 0.6) is 0 Å². The molecule has 1 unspecified atom stereocenters. The molecular formula is C14H21NO3. The second kappa shape index (κ2) is 6.52. The molecule has 1 amide bonds. The van der Waals surface area contributed by atoms with Gasteiger partial charge < -0.3 is 15.2 Å². The van der Waals surface area contributed by atoms with Crippen LogP contribution >= 0.6 is 0 Å². The molecular weight excluding hydrogens is 230 g/mol. The molecule has 1 aromatic carbocycles. The number of carbonyl (C=O) groups is 1. The molecule has 18 heavy (non-hydrogen) atoms. The van der Waals surface area contributed by atoms with Crippen LogP contribution in [-0.4, -0.2) is 30.8 Å². The molecule has 100 valence electrons. The van der Waals surface area contributed by atoms with Gasteiger partial charge in [-0.25, -0.2) is 0 Å². The number of carbonyl (C=O) groups excluding carboxylic acids is 1. The number of hydrogen-bond donors (Lipinski definition) is 2. The van der Waals surface area contributed by atoms with Crippen LogP contribution in [-0.2, 0) is 16.1 Å². The normalized spacial score (nSPS) is 13.1. The van der Waals surface area contributed by atoms with Gasteiger partial charge in [-0.05, 0) is 5.56 Å². The monoisotopic (exact) mass is 251 g/mol. The first-order valence-corrected chi connectivity index (χ1v) is 5.99. The zero-order chi connectivity index (χ0) is 13.6. The maximum Gasteiger partial charge on any atom is 0.249 e. The molecule has 0 aliphatic rings. The first kappa shape index (κ1) is 14.7. The van der Waals surface area contributed by atoms with E-state index in [2.05, 4.69) is 5.32 Å². The Balaban J connectivity index is 2.71. The number of benzene rings is 1. The summed E-state index contributed by atoms with van der Waals surface area (Å²) in [7, 11) is 1.56. The van der Waals surface area contributed by atoms with Gasteiger partial charge in [0.25, 0.3) is 0 Å². The quantitative estimate of drug-likeness (QED) is 0.802. The van der Waals surface area contributed by atoms with E-state index in [-0.39, 0.29) is 12.5 Å². The van der Waals surface area contributed by atoms with Gasteiger partial charge in [0.2, 0.25) is 5.91 Å². The van der Waals surface area contributed by atoms with Crippen molar-refractivity contribution in [1.29, 1.82) is 0 Å². The van der Waals surface area contributed by atoms with E-state index < -0.39 is 11.5 Å². The van der Waals surface area contributed by atoms with Gasteiger partial charge in [0.05, 0.1) is 13.2 Å². The number of amides is 1. The van der Waals surface area contributed by atoms with Gasteiger partial charge in [0.15, 0.2) is 0 Å². The van der Waals surface area contributed by atoms with E-state index in [4.69, 9.17) is 4.74 Å². The molecule has 1 rings (SSSR count). The fraction of sp³-hybridized carbons (Fsp3) is 0.500. The molecule has 4 nitrogen and oxygen atoms in total. The molecule has 0 heterocycles. The average molecular weight is 251 g/mol. The van der Waals surface area contributed by atoms with Gasteiger partial charge in [-0.2, -0.15) is 0 Å². The predicted molar refractivity (Wildman–Crippen MR) is 70.0 cm³/mol. The highest BCUT2D eigenvalue weighted by atomic mass is 16.5. The first-order valence-electron chi connectivity index (χ1n) is 5.99. The van der Waals surface area contributed by atoms with Crippen molar-refractivity contribution >= 4 is 5.91 Å². The maximum atomic E-state index is 11.8. The van der Waals surface area contributed by atoms with Crippen molar-refractivity contribution in [3.8, 4) is 0 Å². The Morgan fingerprint density at radius 2 is 2.00 bits per heavy atom. The summed E-state index contributed by atoms with van der Waals surface area (Å²) in [4.78, 5) is 11.8. The lowest BCUT2D eigenvalue weighted by Gasteiger charge is -2.31. The topological polar surface area (TPSA) is 58.6 Å². The van der Waals surface area contributed by atoms with E-state index >= 15 is 0 Å². The summed E-state index contributed by atoms with van der Waals surface area (Å²) >= 11 is 0. The van der Waals surface area contributed by atoms with Crippen LogP contribution < -0.4 is 5.32 Å². The summed E-state index contributed by atoms with van der Waals surface area (Å²) in [5.74, 6) is -0.218. The second-order valence-electron chi connectivity index (χ2n) is 4.94. The van der Waals surface area contributed by atoms with Crippen LogP contribution in [0.15, 0.2) is 30.3 Å². The van der Waals surface area contributed by atoms with E-state index in [9.17, 15) is 9.90 Å². The zero-order valence-electron chi connectivity index (χ0n) is 11.1. The Morgan fingerprint density at radius 3 is 2.50 bits per heavy atom. The first-order chi connectivity index (χ1) is 8.51. The van der Waals surface area contributed by atoms with E-state index in [0.29, 0.717) is 6.61 Å². The van der Waals surface area contributed by atoms with E-state index in [1.165, 1.54) is 0 Å². The lowest BCUT2D eigenvalue weighted by Crippen LogP contribution is -2.46. The molecule has 2 N–H and O–H groups in total. The van der Waals surface area contributed by atoms with Crippen molar-refractivity contribution in [3.63, 3.8) is 0 Å². The third-order valence-corrected chi connectivity index (χ3v) is 2.86. The summed E-state index contributed by atoms with van der Waals surface area (Å²) in [6, 6.07) is 9.65. The van der Waals surface area contributed by atoms with Crippen molar-refractivity contribution < 1.29 is 14.6 Å². The van der Waals surface area contributed by atoms with Crippen LogP contribution in [0, 0.1) is 5.41 Å². The SMILES string of the molecule is CNC(=O)C(OCc1ccccc1)C(C)(C)CO. The third-order valence-electron chi connectivity index (χ3n) is 2.86. The minimum Gasteiger partial charge on any atom is -0.396 e.